The summed E-state index contributed by atoms with van der Waals surface area (Å²) in [5.74, 6) is 0.634. The fraction of sp³-hybridized carbons (Fsp3) is 0.214. The smallest absolute Gasteiger partial charge is 0.287 e. The van der Waals surface area contributed by atoms with Crippen LogP contribution < -0.4 is 11.1 Å². The average Bonchev–Trinajstić information content (AvgIpc) is 2.87. The van der Waals surface area contributed by atoms with Gasteiger partial charge < -0.3 is 15.5 Å². The highest BCUT2D eigenvalue weighted by Crippen LogP contribution is 2.18. The molecule has 0 aliphatic heterocycles. The Balaban J connectivity index is 2.06. The molecule has 1 amide bonds. The molecule has 0 saturated carbocycles. The Labute approximate surface area is 120 Å². The minimum absolute atomic E-state index is 0.101. The van der Waals surface area contributed by atoms with Crippen LogP contribution in [0.2, 0.25) is 0 Å². The molecule has 3 N–H and O–H groups in total. The van der Waals surface area contributed by atoms with Crippen LogP contribution in [-0.4, -0.2) is 5.91 Å². The molecule has 0 radical (unpaired) electrons. The molecule has 2 rings (SSSR count). The first kappa shape index (κ1) is 13.8. The molecule has 0 aliphatic rings. The van der Waals surface area contributed by atoms with Gasteiger partial charge in [0.15, 0.2) is 5.76 Å². The third-order valence-corrected chi connectivity index (χ3v) is 3.28. The molecule has 1 unspecified atom stereocenters. The number of hydrogen-bond acceptors (Lipinski definition) is 3. The normalized spacial score (nSPS) is 12.2. The highest BCUT2D eigenvalue weighted by molar-refractivity contribution is 9.10. The molecular formula is C14H15BrN2O2. The Morgan fingerprint density at radius 3 is 2.84 bits per heavy atom. The van der Waals surface area contributed by atoms with E-state index >= 15 is 0 Å². The van der Waals surface area contributed by atoms with Crippen molar-refractivity contribution in [3.8, 4) is 0 Å². The molecule has 5 heteroatoms. The minimum atomic E-state index is -0.243. The number of hydrogen-bond donors (Lipinski definition) is 2. The molecule has 4 nitrogen and oxygen atoms in total. The molecule has 0 aliphatic carbocycles. The van der Waals surface area contributed by atoms with Gasteiger partial charge in [0.05, 0.1) is 12.6 Å². The molecule has 1 aromatic heterocycles. The van der Waals surface area contributed by atoms with E-state index < -0.39 is 0 Å². The van der Waals surface area contributed by atoms with Crippen LogP contribution in [0.1, 0.15) is 34.8 Å². The summed E-state index contributed by atoms with van der Waals surface area (Å²) in [5, 5.41) is 2.88. The number of benzene rings is 1. The summed E-state index contributed by atoms with van der Waals surface area (Å²) < 4.78 is 6.29. The Kier molecular flexibility index (Phi) is 4.39. The summed E-state index contributed by atoms with van der Waals surface area (Å²) in [5.41, 5.74) is 6.46. The van der Waals surface area contributed by atoms with E-state index in [-0.39, 0.29) is 24.3 Å². The second-order valence-electron chi connectivity index (χ2n) is 4.22. The van der Waals surface area contributed by atoms with Gasteiger partial charge in [0.25, 0.3) is 5.91 Å². The van der Waals surface area contributed by atoms with Crippen molar-refractivity contribution in [2.24, 2.45) is 5.73 Å². The zero-order valence-electron chi connectivity index (χ0n) is 10.5. The van der Waals surface area contributed by atoms with Gasteiger partial charge in [-0.3, -0.25) is 4.79 Å². The van der Waals surface area contributed by atoms with Crippen LogP contribution in [0.3, 0.4) is 0 Å². The molecule has 0 spiro atoms. The number of nitrogens with two attached hydrogens (primary N) is 1. The number of amides is 1. The zero-order valence-corrected chi connectivity index (χ0v) is 12.1. The van der Waals surface area contributed by atoms with Crippen molar-refractivity contribution in [3.63, 3.8) is 0 Å². The molecule has 0 bridgehead atoms. The van der Waals surface area contributed by atoms with Gasteiger partial charge in [-0.1, -0.05) is 28.1 Å². The van der Waals surface area contributed by atoms with E-state index in [1.165, 1.54) is 0 Å². The van der Waals surface area contributed by atoms with Crippen LogP contribution >= 0.6 is 15.9 Å². The highest BCUT2D eigenvalue weighted by atomic mass is 79.9. The van der Waals surface area contributed by atoms with Gasteiger partial charge in [0, 0.05) is 4.47 Å². The number of nitrogens with one attached hydrogen (secondary N) is 1. The lowest BCUT2D eigenvalue weighted by atomic mass is 10.1. The van der Waals surface area contributed by atoms with Gasteiger partial charge in [-0.15, -0.1) is 0 Å². The predicted octanol–water partition coefficient (Wildman–Crippen LogP) is 2.99. The number of carbonyl (C=O) groups is 1. The molecule has 0 saturated heterocycles. The van der Waals surface area contributed by atoms with Crippen LogP contribution in [0.4, 0.5) is 0 Å². The minimum Gasteiger partial charge on any atom is -0.455 e. The van der Waals surface area contributed by atoms with E-state index in [1.807, 2.05) is 31.2 Å². The Morgan fingerprint density at radius 2 is 2.21 bits per heavy atom. The molecule has 0 fully saturated rings. The summed E-state index contributed by atoms with van der Waals surface area (Å²) in [6.45, 7) is 2.21. The number of halogens is 1. The van der Waals surface area contributed by atoms with Crippen molar-refractivity contribution in [1.29, 1.82) is 0 Å². The quantitative estimate of drug-likeness (QED) is 0.909. The van der Waals surface area contributed by atoms with Crippen molar-refractivity contribution in [2.75, 3.05) is 0 Å². The van der Waals surface area contributed by atoms with E-state index in [9.17, 15) is 4.79 Å². The molecule has 1 aromatic carbocycles. The SMILES string of the molecule is CC(NC(=O)c1ccc(CN)o1)c1cccc(Br)c1. The van der Waals surface area contributed by atoms with Gasteiger partial charge in [-0.2, -0.15) is 0 Å². The Hall–Kier alpha value is -1.59. The average molecular weight is 323 g/mol. The standard InChI is InChI=1S/C14H15BrN2O2/c1-9(10-3-2-4-11(15)7-10)17-14(18)13-6-5-12(8-16)19-13/h2-7,9H,8,16H2,1H3,(H,17,18). The molecule has 2 aromatic rings. The van der Waals surface area contributed by atoms with E-state index in [4.69, 9.17) is 10.2 Å². The van der Waals surface area contributed by atoms with Gasteiger partial charge in [-0.05, 0) is 36.8 Å². The molecule has 1 atom stereocenters. The van der Waals surface area contributed by atoms with Gasteiger partial charge in [-0.25, -0.2) is 0 Å². The van der Waals surface area contributed by atoms with Crippen molar-refractivity contribution in [2.45, 2.75) is 19.5 Å². The molecule has 1 heterocycles. The maximum atomic E-state index is 12.0. The third kappa shape index (κ3) is 3.45. The topological polar surface area (TPSA) is 68.3 Å². The zero-order chi connectivity index (χ0) is 13.8. The van der Waals surface area contributed by atoms with Crippen LogP contribution in [0.15, 0.2) is 45.3 Å². The summed E-state index contributed by atoms with van der Waals surface area (Å²) in [7, 11) is 0. The lowest BCUT2D eigenvalue weighted by Crippen LogP contribution is -2.26. The van der Waals surface area contributed by atoms with Gasteiger partial charge in [0.2, 0.25) is 0 Å². The second kappa shape index (κ2) is 6.04. The van der Waals surface area contributed by atoms with Crippen molar-refractivity contribution >= 4 is 21.8 Å². The fourth-order valence-electron chi connectivity index (χ4n) is 1.74. The van der Waals surface area contributed by atoms with Crippen molar-refractivity contribution in [1.82, 2.24) is 5.32 Å². The number of furan rings is 1. The molecular weight excluding hydrogens is 308 g/mol. The Morgan fingerprint density at radius 1 is 1.42 bits per heavy atom. The number of rotatable bonds is 4. The summed E-state index contributed by atoms with van der Waals surface area (Å²) in [6.07, 6.45) is 0. The van der Waals surface area contributed by atoms with E-state index in [1.54, 1.807) is 12.1 Å². The van der Waals surface area contributed by atoms with Crippen molar-refractivity contribution in [3.05, 3.63) is 58.0 Å². The van der Waals surface area contributed by atoms with Crippen LogP contribution in [0.25, 0.3) is 0 Å². The summed E-state index contributed by atoms with van der Waals surface area (Å²) in [6, 6.07) is 11.0. The highest BCUT2D eigenvalue weighted by Gasteiger charge is 2.14. The van der Waals surface area contributed by atoms with Crippen LogP contribution in [0.5, 0.6) is 0 Å². The van der Waals surface area contributed by atoms with E-state index in [2.05, 4.69) is 21.2 Å². The van der Waals surface area contributed by atoms with Gasteiger partial charge >= 0.3 is 0 Å². The third-order valence-electron chi connectivity index (χ3n) is 2.78. The maximum Gasteiger partial charge on any atom is 0.287 e. The fourth-order valence-corrected chi connectivity index (χ4v) is 2.15. The Bertz CT molecular complexity index is 580. The monoisotopic (exact) mass is 322 g/mol. The first-order valence-electron chi connectivity index (χ1n) is 5.95. The summed E-state index contributed by atoms with van der Waals surface area (Å²) >= 11 is 3.41. The molecule has 100 valence electrons. The second-order valence-corrected chi connectivity index (χ2v) is 5.14. The first-order valence-corrected chi connectivity index (χ1v) is 6.74. The first-order chi connectivity index (χ1) is 9.10. The van der Waals surface area contributed by atoms with Crippen LogP contribution in [-0.2, 0) is 6.54 Å². The van der Waals surface area contributed by atoms with Gasteiger partial charge in [0.1, 0.15) is 5.76 Å². The largest absolute Gasteiger partial charge is 0.455 e. The van der Waals surface area contributed by atoms with E-state index in [0.29, 0.717) is 5.76 Å². The lowest BCUT2D eigenvalue weighted by Gasteiger charge is -2.13. The molecule has 19 heavy (non-hydrogen) atoms. The summed E-state index contributed by atoms with van der Waals surface area (Å²) in [4.78, 5) is 12.0. The van der Waals surface area contributed by atoms with E-state index in [0.717, 1.165) is 10.0 Å². The van der Waals surface area contributed by atoms with Crippen LogP contribution in [0, 0.1) is 0 Å². The maximum absolute atomic E-state index is 12.0. The van der Waals surface area contributed by atoms with Crippen molar-refractivity contribution < 1.29 is 9.21 Å². The predicted molar refractivity (Wildman–Crippen MR) is 76.6 cm³/mol. The lowest BCUT2D eigenvalue weighted by molar-refractivity contribution is 0.0910. The number of carbonyl (C=O) groups excluding carboxylic acids is 1.